The molecule has 0 amide bonds. The molecule has 11 aromatic rings. The highest BCUT2D eigenvalue weighted by molar-refractivity contribution is 6.27. The third-order valence-electron chi connectivity index (χ3n) is 12.4. The number of rotatable bonds is 10. The highest BCUT2D eigenvalue weighted by Crippen LogP contribution is 2.52. The molecule has 11 aromatic carbocycles. The third-order valence-corrected chi connectivity index (χ3v) is 12.4. The first kappa shape index (κ1) is 39.4. The van der Waals surface area contributed by atoms with Crippen LogP contribution >= 0.6 is 0 Å². The van der Waals surface area contributed by atoms with Crippen molar-refractivity contribution in [1.29, 1.82) is 0 Å². The van der Waals surface area contributed by atoms with Crippen molar-refractivity contribution in [3.63, 3.8) is 0 Å². The molecule has 0 N–H and O–H groups in total. The molecule has 0 saturated carbocycles. The molecule has 0 saturated heterocycles. The van der Waals surface area contributed by atoms with Crippen molar-refractivity contribution < 1.29 is 0 Å². The first-order valence-electron chi connectivity index (χ1n) is 22.3. The molecular formula is C63H46N2. The average molecular weight is 831 g/mol. The van der Waals surface area contributed by atoms with Crippen molar-refractivity contribution in [3.05, 3.63) is 264 Å². The second-order valence-electron chi connectivity index (χ2n) is 16.7. The number of hydrogen-bond donors (Lipinski definition) is 0. The zero-order valence-corrected chi connectivity index (χ0v) is 36.2. The predicted octanol–water partition coefficient (Wildman–Crippen LogP) is 17.9. The van der Waals surface area contributed by atoms with Gasteiger partial charge in [-0.25, -0.2) is 0 Å². The van der Waals surface area contributed by atoms with E-state index < -0.39 is 0 Å². The summed E-state index contributed by atoms with van der Waals surface area (Å²) in [6.07, 6.45) is 8.75. The van der Waals surface area contributed by atoms with E-state index in [0.29, 0.717) is 0 Å². The van der Waals surface area contributed by atoms with Crippen LogP contribution in [0.4, 0.5) is 34.1 Å². The van der Waals surface area contributed by atoms with E-state index in [-0.39, 0.29) is 0 Å². The Morgan fingerprint density at radius 1 is 0.262 bits per heavy atom. The number of fused-ring (bicyclic) bond motifs is 4. The van der Waals surface area contributed by atoms with E-state index in [1.165, 1.54) is 38.2 Å². The lowest BCUT2D eigenvalue weighted by Gasteiger charge is -2.33. The molecule has 308 valence electrons. The number of para-hydroxylation sites is 2. The molecule has 0 bridgehead atoms. The highest BCUT2D eigenvalue weighted by Gasteiger charge is 2.26. The van der Waals surface area contributed by atoms with Crippen LogP contribution in [0.2, 0.25) is 0 Å². The topological polar surface area (TPSA) is 6.48 Å². The standard InChI is InChI=1S/C63H46N2/c1-45-25-27-47(28-26-45)31-32-49-35-39-57(40-36-49)65(55-23-9-4-10-24-55)63-60-43-52-19-13-11-17-50(52)41-58(60)62(59-42-51-18-12-14-20-53(51)44-61(59)63)64(54-21-7-3-8-22-54)56-37-33-48(34-38-56)30-29-46-15-5-2-6-16-46/h2-44H,1H3/b30-29+,32-31+. The fourth-order valence-electron chi connectivity index (χ4n) is 9.10. The molecule has 0 unspecified atom stereocenters. The van der Waals surface area contributed by atoms with Crippen LogP contribution in [0.15, 0.2) is 237 Å². The molecule has 0 fully saturated rings. The first-order valence-corrected chi connectivity index (χ1v) is 22.3. The van der Waals surface area contributed by atoms with Crippen LogP contribution in [-0.2, 0) is 0 Å². The summed E-state index contributed by atoms with van der Waals surface area (Å²) in [6.45, 7) is 2.12. The second kappa shape index (κ2) is 17.4. The zero-order chi connectivity index (χ0) is 43.5. The fraction of sp³-hybridized carbons (Fsp3) is 0.0159. The maximum atomic E-state index is 2.46. The van der Waals surface area contributed by atoms with Crippen LogP contribution in [0.25, 0.3) is 67.4 Å². The Labute approximate surface area is 380 Å². The maximum Gasteiger partial charge on any atom is 0.0620 e. The van der Waals surface area contributed by atoms with E-state index in [4.69, 9.17) is 0 Å². The van der Waals surface area contributed by atoms with Crippen molar-refractivity contribution in [2.24, 2.45) is 0 Å². The molecule has 0 aliphatic rings. The minimum atomic E-state index is 1.08. The van der Waals surface area contributed by atoms with Gasteiger partial charge in [-0.3, -0.25) is 0 Å². The van der Waals surface area contributed by atoms with Gasteiger partial charge in [0.25, 0.3) is 0 Å². The van der Waals surface area contributed by atoms with Crippen molar-refractivity contribution >= 4 is 102 Å². The predicted molar refractivity (Wildman–Crippen MR) is 281 cm³/mol. The van der Waals surface area contributed by atoms with E-state index in [0.717, 1.165) is 66.8 Å². The quantitative estimate of drug-likeness (QED) is 0.0770. The number of benzene rings is 11. The Balaban J connectivity index is 1.18. The highest BCUT2D eigenvalue weighted by atomic mass is 15.2. The van der Waals surface area contributed by atoms with Gasteiger partial charge in [-0.05, 0) is 124 Å². The van der Waals surface area contributed by atoms with Gasteiger partial charge >= 0.3 is 0 Å². The van der Waals surface area contributed by atoms with Crippen molar-refractivity contribution in [2.45, 2.75) is 6.92 Å². The fourth-order valence-corrected chi connectivity index (χ4v) is 9.10. The van der Waals surface area contributed by atoms with Crippen LogP contribution < -0.4 is 9.80 Å². The van der Waals surface area contributed by atoms with Crippen LogP contribution in [0.3, 0.4) is 0 Å². The van der Waals surface area contributed by atoms with E-state index in [9.17, 15) is 0 Å². The van der Waals surface area contributed by atoms with Crippen molar-refractivity contribution in [3.8, 4) is 0 Å². The molecule has 0 radical (unpaired) electrons. The number of anilines is 6. The Bertz CT molecular complexity index is 3400. The van der Waals surface area contributed by atoms with E-state index in [1.54, 1.807) is 0 Å². The number of hydrogen-bond acceptors (Lipinski definition) is 2. The van der Waals surface area contributed by atoms with Crippen LogP contribution in [0, 0.1) is 6.92 Å². The molecule has 2 heteroatoms. The molecule has 0 aliphatic carbocycles. The summed E-state index contributed by atoms with van der Waals surface area (Å²) in [5.41, 5.74) is 12.5. The minimum Gasteiger partial charge on any atom is -0.309 e. The van der Waals surface area contributed by atoms with Gasteiger partial charge in [0.1, 0.15) is 0 Å². The summed E-state index contributed by atoms with van der Waals surface area (Å²) in [7, 11) is 0. The SMILES string of the molecule is Cc1ccc(/C=C/c2ccc(N(c3ccccc3)c3c4cc5ccccc5cc4c(N(c4ccccc4)c4ccc(/C=C/c5ccccc5)cc4)c4cc5ccccc5cc34)cc2)cc1. The van der Waals surface area contributed by atoms with Gasteiger partial charge in [0.05, 0.1) is 11.4 Å². The van der Waals surface area contributed by atoms with Crippen LogP contribution in [0.5, 0.6) is 0 Å². The van der Waals surface area contributed by atoms with Gasteiger partial charge in [-0.15, -0.1) is 0 Å². The molecule has 0 aliphatic heterocycles. The normalized spacial score (nSPS) is 11.6. The molecule has 65 heavy (non-hydrogen) atoms. The molecular weight excluding hydrogens is 785 g/mol. The molecule has 0 atom stereocenters. The molecule has 2 nitrogen and oxygen atoms in total. The Morgan fingerprint density at radius 2 is 0.523 bits per heavy atom. The average Bonchev–Trinajstić information content (AvgIpc) is 3.37. The largest absolute Gasteiger partial charge is 0.309 e. The van der Waals surface area contributed by atoms with Gasteiger partial charge in [0, 0.05) is 44.3 Å². The third kappa shape index (κ3) is 7.95. The lowest BCUT2D eigenvalue weighted by Crippen LogP contribution is -2.14. The lowest BCUT2D eigenvalue weighted by atomic mass is 9.91. The molecule has 0 aromatic heterocycles. The van der Waals surface area contributed by atoms with Gasteiger partial charge in [0.15, 0.2) is 0 Å². The zero-order valence-electron chi connectivity index (χ0n) is 36.2. The van der Waals surface area contributed by atoms with E-state index in [1.807, 2.05) is 0 Å². The van der Waals surface area contributed by atoms with E-state index >= 15 is 0 Å². The lowest BCUT2D eigenvalue weighted by molar-refractivity contribution is 1.29. The molecule has 0 spiro atoms. The molecule has 0 heterocycles. The van der Waals surface area contributed by atoms with Crippen LogP contribution in [0.1, 0.15) is 27.8 Å². The van der Waals surface area contributed by atoms with E-state index in [2.05, 4.69) is 278 Å². The van der Waals surface area contributed by atoms with Crippen molar-refractivity contribution in [1.82, 2.24) is 0 Å². The summed E-state index contributed by atoms with van der Waals surface area (Å²) in [5, 5.41) is 9.42. The summed E-state index contributed by atoms with van der Waals surface area (Å²) in [6, 6.07) is 85.9. The molecule has 11 rings (SSSR count). The Hall–Kier alpha value is -8.46. The van der Waals surface area contributed by atoms with Crippen molar-refractivity contribution in [2.75, 3.05) is 9.80 Å². The van der Waals surface area contributed by atoms with Crippen LogP contribution in [-0.4, -0.2) is 0 Å². The minimum absolute atomic E-state index is 1.08. The van der Waals surface area contributed by atoms with Gasteiger partial charge in [-0.1, -0.05) is 194 Å². The Morgan fingerprint density at radius 3 is 0.862 bits per heavy atom. The smallest absolute Gasteiger partial charge is 0.0620 e. The van der Waals surface area contributed by atoms with Gasteiger partial charge < -0.3 is 9.80 Å². The monoisotopic (exact) mass is 830 g/mol. The summed E-state index contributed by atoms with van der Waals surface area (Å²) >= 11 is 0. The number of nitrogens with zero attached hydrogens (tertiary/aromatic N) is 2. The van der Waals surface area contributed by atoms with Gasteiger partial charge in [0.2, 0.25) is 0 Å². The number of aryl methyl sites for hydroxylation is 1. The summed E-state index contributed by atoms with van der Waals surface area (Å²) < 4.78 is 0. The second-order valence-corrected chi connectivity index (χ2v) is 16.7. The Kier molecular flexibility index (Phi) is 10.5. The summed E-state index contributed by atoms with van der Waals surface area (Å²) in [5.74, 6) is 0. The van der Waals surface area contributed by atoms with Gasteiger partial charge in [-0.2, -0.15) is 0 Å². The first-order chi connectivity index (χ1) is 32.1. The summed E-state index contributed by atoms with van der Waals surface area (Å²) in [4.78, 5) is 4.93. The maximum absolute atomic E-state index is 2.46.